The average Bonchev–Trinajstić information content (AvgIpc) is 2.49. The maximum Gasteiger partial charge on any atom is 0.182 e. The molecule has 0 amide bonds. The van der Waals surface area contributed by atoms with Crippen LogP contribution in [-0.2, 0) is 0 Å². The topological polar surface area (TPSA) is 43.1 Å². The van der Waals surface area contributed by atoms with Gasteiger partial charge in [-0.1, -0.05) is 13.8 Å². The third-order valence-corrected chi connectivity index (χ3v) is 1.79. The van der Waals surface area contributed by atoms with Gasteiger partial charge in [-0.25, -0.2) is 0 Å². The van der Waals surface area contributed by atoms with Crippen LogP contribution in [0.15, 0.2) is 18.7 Å². The van der Waals surface area contributed by atoms with Gasteiger partial charge in [-0.3, -0.25) is 9.38 Å². The second kappa shape index (κ2) is 2.55. The molecule has 0 radical (unpaired) electrons. The minimum absolute atomic E-state index is 0.387. The molecule has 0 atom stereocenters. The summed E-state index contributed by atoms with van der Waals surface area (Å²) in [5, 5.41) is 7.81. The lowest BCUT2D eigenvalue weighted by molar-refractivity contribution is 0.816. The number of nitrogens with zero attached hydrogens (tertiary/aromatic N) is 4. The van der Waals surface area contributed by atoms with Crippen LogP contribution in [0.3, 0.4) is 0 Å². The fourth-order valence-corrected chi connectivity index (χ4v) is 1.19. The van der Waals surface area contributed by atoms with E-state index >= 15 is 0 Å². The predicted octanol–water partition coefficient (Wildman–Crippen LogP) is 1.25. The van der Waals surface area contributed by atoms with Crippen LogP contribution in [-0.4, -0.2) is 19.6 Å². The molecule has 0 saturated carbocycles. The Morgan fingerprint density at radius 3 is 3.00 bits per heavy atom. The maximum absolute atomic E-state index is 4.26. The van der Waals surface area contributed by atoms with Crippen LogP contribution in [0, 0.1) is 0 Å². The van der Waals surface area contributed by atoms with Gasteiger partial charge in [0.2, 0.25) is 0 Å². The minimum atomic E-state index is 0.387. The largest absolute Gasteiger partial charge is 0.286 e. The second-order valence-corrected chi connectivity index (χ2v) is 3.03. The van der Waals surface area contributed by atoms with Crippen molar-refractivity contribution >= 4 is 5.65 Å². The van der Waals surface area contributed by atoms with E-state index in [1.165, 1.54) is 0 Å². The summed E-state index contributed by atoms with van der Waals surface area (Å²) in [6, 6.07) is 0. The monoisotopic (exact) mass is 162 g/mol. The van der Waals surface area contributed by atoms with Crippen LogP contribution in [0.2, 0.25) is 0 Å². The van der Waals surface area contributed by atoms with Gasteiger partial charge in [-0.2, -0.15) is 0 Å². The molecule has 0 spiro atoms. The first kappa shape index (κ1) is 7.21. The molecule has 0 N–H and O–H groups in total. The van der Waals surface area contributed by atoms with Crippen molar-refractivity contribution in [1.29, 1.82) is 0 Å². The van der Waals surface area contributed by atoms with Gasteiger partial charge in [-0.15, -0.1) is 10.2 Å². The van der Waals surface area contributed by atoms with E-state index < -0.39 is 0 Å². The quantitative estimate of drug-likeness (QED) is 0.633. The Balaban J connectivity index is 2.73. The van der Waals surface area contributed by atoms with Gasteiger partial charge >= 0.3 is 0 Å². The highest BCUT2D eigenvalue weighted by molar-refractivity contribution is 5.43. The van der Waals surface area contributed by atoms with E-state index in [1.54, 1.807) is 12.5 Å². The normalized spacial score (nSPS) is 11.2. The van der Waals surface area contributed by atoms with Crippen molar-refractivity contribution in [1.82, 2.24) is 19.6 Å². The highest BCUT2D eigenvalue weighted by atomic mass is 15.2. The fourth-order valence-electron chi connectivity index (χ4n) is 1.19. The summed E-state index contributed by atoms with van der Waals surface area (Å²) in [4.78, 5) is 4.26. The molecule has 2 rings (SSSR count). The number of aromatic nitrogens is 4. The molecule has 62 valence electrons. The van der Waals surface area contributed by atoms with Crippen LogP contribution < -0.4 is 0 Å². The average molecular weight is 162 g/mol. The molecule has 4 heteroatoms. The Kier molecular flexibility index (Phi) is 1.53. The minimum Gasteiger partial charge on any atom is -0.286 e. The summed E-state index contributed by atoms with van der Waals surface area (Å²) in [5.41, 5.74) is 1.85. The highest BCUT2D eigenvalue weighted by Crippen LogP contribution is 2.14. The lowest BCUT2D eigenvalue weighted by Gasteiger charge is -2.03. The van der Waals surface area contributed by atoms with Crippen molar-refractivity contribution < 1.29 is 0 Å². The zero-order valence-electron chi connectivity index (χ0n) is 7.10. The van der Waals surface area contributed by atoms with Gasteiger partial charge in [0.25, 0.3) is 0 Å². The Labute approximate surface area is 70.3 Å². The lowest BCUT2D eigenvalue weighted by atomic mass is 10.1. The van der Waals surface area contributed by atoms with E-state index in [2.05, 4.69) is 29.0 Å². The Hall–Kier alpha value is -1.45. The van der Waals surface area contributed by atoms with Crippen LogP contribution in [0.1, 0.15) is 25.5 Å². The predicted molar refractivity (Wildman–Crippen MR) is 44.9 cm³/mol. The second-order valence-electron chi connectivity index (χ2n) is 3.03. The third-order valence-electron chi connectivity index (χ3n) is 1.79. The molecule has 0 fully saturated rings. The summed E-state index contributed by atoms with van der Waals surface area (Å²) in [6.45, 7) is 4.19. The van der Waals surface area contributed by atoms with E-state index in [-0.39, 0.29) is 0 Å². The smallest absolute Gasteiger partial charge is 0.182 e. The van der Waals surface area contributed by atoms with Gasteiger partial charge in [-0.05, 0) is 5.92 Å². The summed E-state index contributed by atoms with van der Waals surface area (Å²) < 4.78 is 1.88. The Morgan fingerprint density at radius 2 is 2.25 bits per heavy atom. The van der Waals surface area contributed by atoms with Crippen molar-refractivity contribution in [3.63, 3.8) is 0 Å². The molecule has 12 heavy (non-hydrogen) atoms. The molecule has 0 bridgehead atoms. The molecule has 0 aliphatic carbocycles. The first-order valence-electron chi connectivity index (χ1n) is 3.93. The zero-order chi connectivity index (χ0) is 8.55. The molecular formula is C8H10N4. The van der Waals surface area contributed by atoms with E-state index in [9.17, 15) is 0 Å². The molecule has 4 nitrogen and oxygen atoms in total. The summed E-state index contributed by atoms with van der Waals surface area (Å²) in [6.07, 6.45) is 5.30. The molecular weight excluding hydrogens is 152 g/mol. The van der Waals surface area contributed by atoms with Crippen LogP contribution in [0.25, 0.3) is 5.65 Å². The van der Waals surface area contributed by atoms with Crippen molar-refractivity contribution in [3.8, 4) is 0 Å². The van der Waals surface area contributed by atoms with E-state index in [0.717, 1.165) is 11.3 Å². The SMILES string of the molecule is CC(C)c1nccn2cnnc12. The number of hydrogen-bond acceptors (Lipinski definition) is 3. The van der Waals surface area contributed by atoms with Gasteiger partial charge in [0.1, 0.15) is 6.33 Å². The Morgan fingerprint density at radius 1 is 1.42 bits per heavy atom. The number of hydrogen-bond donors (Lipinski definition) is 0. The zero-order valence-corrected chi connectivity index (χ0v) is 7.10. The summed E-state index contributed by atoms with van der Waals surface area (Å²) >= 11 is 0. The van der Waals surface area contributed by atoms with E-state index in [0.29, 0.717) is 5.92 Å². The van der Waals surface area contributed by atoms with Gasteiger partial charge in [0.15, 0.2) is 5.65 Å². The molecule has 0 saturated heterocycles. The van der Waals surface area contributed by atoms with E-state index in [1.807, 2.05) is 10.6 Å². The van der Waals surface area contributed by atoms with Crippen LogP contribution in [0.5, 0.6) is 0 Å². The van der Waals surface area contributed by atoms with Crippen molar-refractivity contribution in [3.05, 3.63) is 24.4 Å². The van der Waals surface area contributed by atoms with Gasteiger partial charge < -0.3 is 0 Å². The number of fused-ring (bicyclic) bond motifs is 1. The fraction of sp³-hybridized carbons (Fsp3) is 0.375. The van der Waals surface area contributed by atoms with Gasteiger partial charge in [0, 0.05) is 12.4 Å². The van der Waals surface area contributed by atoms with Crippen molar-refractivity contribution in [2.24, 2.45) is 0 Å². The van der Waals surface area contributed by atoms with E-state index in [4.69, 9.17) is 0 Å². The molecule has 0 aliphatic rings. The molecule has 2 aromatic rings. The van der Waals surface area contributed by atoms with Gasteiger partial charge in [0.05, 0.1) is 5.69 Å². The standard InChI is InChI=1S/C8H10N4/c1-6(2)7-8-11-10-5-12(8)4-3-9-7/h3-6H,1-2H3. The summed E-state index contributed by atoms with van der Waals surface area (Å²) in [5.74, 6) is 0.387. The molecule has 0 aliphatic heterocycles. The summed E-state index contributed by atoms with van der Waals surface area (Å²) in [7, 11) is 0. The maximum atomic E-state index is 4.26. The third kappa shape index (κ3) is 0.958. The first-order valence-corrected chi connectivity index (χ1v) is 3.93. The lowest BCUT2D eigenvalue weighted by Crippen LogP contribution is -1.97. The molecule has 2 heterocycles. The molecule has 2 aromatic heterocycles. The Bertz CT molecular complexity index is 391. The molecule has 0 aromatic carbocycles. The highest BCUT2D eigenvalue weighted by Gasteiger charge is 2.07. The first-order chi connectivity index (χ1) is 5.79. The molecule has 0 unspecified atom stereocenters. The van der Waals surface area contributed by atoms with Crippen LogP contribution >= 0.6 is 0 Å². The van der Waals surface area contributed by atoms with Crippen LogP contribution in [0.4, 0.5) is 0 Å². The van der Waals surface area contributed by atoms with Crippen molar-refractivity contribution in [2.75, 3.05) is 0 Å². The van der Waals surface area contributed by atoms with Crippen molar-refractivity contribution in [2.45, 2.75) is 19.8 Å². The number of rotatable bonds is 1.